The van der Waals surface area contributed by atoms with E-state index in [0.717, 1.165) is 19.3 Å². The normalized spacial score (nSPS) is 16.0. The van der Waals surface area contributed by atoms with Crippen LogP contribution in [0.25, 0.3) is 0 Å². The molecule has 1 unspecified atom stereocenters. The van der Waals surface area contributed by atoms with Crippen molar-refractivity contribution in [1.29, 1.82) is 0 Å². The van der Waals surface area contributed by atoms with Gasteiger partial charge in [-0.05, 0) is 13.3 Å². The fourth-order valence-corrected chi connectivity index (χ4v) is 1.10. The van der Waals surface area contributed by atoms with Crippen LogP contribution < -0.4 is 0 Å². The van der Waals surface area contributed by atoms with Crippen LogP contribution in [-0.2, 0) is 4.79 Å². The molecule has 4 heteroatoms. The number of carbonyl (C=O) groups excluding carboxylic acids is 2. The van der Waals surface area contributed by atoms with Gasteiger partial charge in [0.2, 0.25) is 0 Å². The van der Waals surface area contributed by atoms with Crippen molar-refractivity contribution in [3.63, 3.8) is 0 Å². The first-order chi connectivity index (χ1) is 6.74. The number of amides is 2. The molecule has 0 aliphatic carbocycles. The molecule has 0 spiro atoms. The van der Waals surface area contributed by atoms with Gasteiger partial charge in [0, 0.05) is 4.79 Å². The van der Waals surface area contributed by atoms with Crippen LogP contribution in [0, 0.1) is 5.92 Å². The minimum atomic E-state index is -0.246. The number of rotatable bonds is 4. The number of carbonyl (C=O) groups is 1. The second-order valence-corrected chi connectivity index (χ2v) is 3.30. The first-order valence-electron chi connectivity index (χ1n) is 4.89. The maximum atomic E-state index is 11.4. The fourth-order valence-electron chi connectivity index (χ4n) is 1.10. The third-order valence-electron chi connectivity index (χ3n) is 2.02. The lowest BCUT2D eigenvalue weighted by molar-refractivity contribution is -0.196. The predicted octanol–water partition coefficient (Wildman–Crippen LogP) is 2.15. The molecule has 0 saturated carbocycles. The van der Waals surface area contributed by atoms with Crippen LogP contribution in [0.15, 0.2) is 9.98 Å². The van der Waals surface area contributed by atoms with Crippen molar-refractivity contribution in [3.8, 4) is 0 Å². The van der Waals surface area contributed by atoms with Crippen LogP contribution in [0.5, 0.6) is 0 Å². The van der Waals surface area contributed by atoms with Gasteiger partial charge in [0.1, 0.15) is 5.92 Å². The van der Waals surface area contributed by atoms with Crippen molar-refractivity contribution in [3.05, 3.63) is 0 Å². The topological polar surface area (TPSA) is 53.1 Å². The summed E-state index contributed by atoms with van der Waals surface area (Å²) < 4.78 is 4.95. The van der Waals surface area contributed by atoms with E-state index in [4.69, 9.17) is 4.42 Å². The standard InChI is InChI=1S/C10H15N2O2/c1-3-4-5-8(2)9(13)14-10-11-6-7-12-10/h6-8H,3-5H2,1-2H3/q+1. The van der Waals surface area contributed by atoms with Crippen LogP contribution >= 0.6 is 0 Å². The quantitative estimate of drug-likeness (QED) is 0.634. The van der Waals surface area contributed by atoms with Gasteiger partial charge in [-0.2, -0.15) is 9.98 Å². The van der Waals surface area contributed by atoms with Crippen LogP contribution in [-0.4, -0.2) is 24.4 Å². The van der Waals surface area contributed by atoms with Gasteiger partial charge in [0.25, 0.3) is 0 Å². The molecule has 14 heavy (non-hydrogen) atoms. The smallest absolute Gasteiger partial charge is 0.231 e. The second kappa shape index (κ2) is 5.42. The fraction of sp³-hybridized carbons (Fsp3) is 0.600. The molecule has 0 aromatic heterocycles. The number of unbranched alkanes of at least 4 members (excludes halogenated alkanes) is 1. The number of nitrogens with zero attached hydrogens (tertiary/aromatic N) is 2. The van der Waals surface area contributed by atoms with Gasteiger partial charge < -0.3 is 0 Å². The van der Waals surface area contributed by atoms with Gasteiger partial charge >= 0.3 is 12.0 Å². The number of urea groups is 1. The summed E-state index contributed by atoms with van der Waals surface area (Å²) in [4.78, 5) is 18.9. The molecule has 0 aromatic rings. The van der Waals surface area contributed by atoms with E-state index in [1.165, 1.54) is 12.4 Å². The summed E-state index contributed by atoms with van der Waals surface area (Å²) in [5, 5.41) is 0. The highest BCUT2D eigenvalue weighted by Gasteiger charge is 2.26. The van der Waals surface area contributed by atoms with E-state index in [-0.39, 0.29) is 17.9 Å². The van der Waals surface area contributed by atoms with Crippen molar-refractivity contribution < 1.29 is 9.22 Å². The highest BCUT2D eigenvalue weighted by molar-refractivity contribution is 6.25. The Labute approximate surface area is 83.5 Å². The summed E-state index contributed by atoms with van der Waals surface area (Å²) in [5.74, 6) is -0.321. The lowest BCUT2D eigenvalue weighted by Crippen LogP contribution is -2.06. The van der Waals surface area contributed by atoms with Crippen molar-refractivity contribution in [2.45, 2.75) is 33.1 Å². The zero-order valence-electron chi connectivity index (χ0n) is 8.56. The van der Waals surface area contributed by atoms with Crippen molar-refractivity contribution in [2.75, 3.05) is 0 Å². The number of hydrogen-bond acceptors (Lipinski definition) is 1. The first-order valence-corrected chi connectivity index (χ1v) is 4.89. The van der Waals surface area contributed by atoms with E-state index in [0.29, 0.717) is 0 Å². The SMILES string of the molecule is CCCCC(C)C(=O)[O+]=C1N=CC=N1. The molecule has 1 atom stereocenters. The first kappa shape index (κ1) is 10.8. The number of aliphatic imine (C=N–C) groups is 2. The third-order valence-corrected chi connectivity index (χ3v) is 2.02. The lowest BCUT2D eigenvalue weighted by Gasteiger charge is -1.96. The minimum absolute atomic E-state index is 0.0755. The molecule has 0 fully saturated rings. The lowest BCUT2D eigenvalue weighted by atomic mass is 10.1. The van der Waals surface area contributed by atoms with E-state index >= 15 is 0 Å². The molecule has 0 N–H and O–H groups in total. The van der Waals surface area contributed by atoms with Gasteiger partial charge in [-0.3, -0.25) is 0 Å². The zero-order valence-corrected chi connectivity index (χ0v) is 8.56. The molecule has 0 aromatic carbocycles. The molecule has 4 nitrogen and oxygen atoms in total. The van der Waals surface area contributed by atoms with Crippen LogP contribution in [0.1, 0.15) is 33.1 Å². The summed E-state index contributed by atoms with van der Waals surface area (Å²) in [7, 11) is 0. The second-order valence-electron chi connectivity index (χ2n) is 3.30. The molecule has 1 rings (SSSR count). The Balaban J connectivity index is 2.44. The summed E-state index contributed by atoms with van der Waals surface area (Å²) in [6.45, 7) is 3.96. The van der Waals surface area contributed by atoms with Crippen LogP contribution in [0.3, 0.4) is 0 Å². The number of hydrogen-bond donors (Lipinski definition) is 0. The Morgan fingerprint density at radius 2 is 2.14 bits per heavy atom. The molecule has 0 radical (unpaired) electrons. The monoisotopic (exact) mass is 195 g/mol. The van der Waals surface area contributed by atoms with Crippen molar-refractivity contribution in [1.82, 2.24) is 0 Å². The van der Waals surface area contributed by atoms with E-state index in [1.807, 2.05) is 6.92 Å². The van der Waals surface area contributed by atoms with Gasteiger partial charge in [0.15, 0.2) is 0 Å². The molecule has 1 heterocycles. The van der Waals surface area contributed by atoms with Crippen LogP contribution in [0.4, 0.5) is 4.42 Å². The van der Waals surface area contributed by atoms with E-state index in [9.17, 15) is 4.79 Å². The van der Waals surface area contributed by atoms with Crippen molar-refractivity contribution >= 4 is 24.4 Å². The molecule has 1 aliphatic rings. The van der Waals surface area contributed by atoms with E-state index in [2.05, 4.69) is 16.9 Å². The third kappa shape index (κ3) is 3.20. The minimum Gasteiger partial charge on any atom is -0.231 e. The van der Waals surface area contributed by atoms with E-state index < -0.39 is 0 Å². The largest absolute Gasteiger partial charge is 0.585 e. The Hall–Kier alpha value is -1.32. The predicted molar refractivity (Wildman–Crippen MR) is 56.1 cm³/mol. The highest BCUT2D eigenvalue weighted by Crippen LogP contribution is 2.12. The maximum Gasteiger partial charge on any atom is 0.585 e. The summed E-state index contributed by atoms with van der Waals surface area (Å²) >= 11 is 0. The average Bonchev–Trinajstić information content (AvgIpc) is 2.66. The molecule has 0 saturated heterocycles. The molecular weight excluding hydrogens is 180 g/mol. The Morgan fingerprint density at radius 3 is 2.71 bits per heavy atom. The highest BCUT2D eigenvalue weighted by atomic mass is 16.5. The summed E-state index contributed by atoms with van der Waals surface area (Å²) in [6, 6.07) is 0.151. The average molecular weight is 195 g/mol. The van der Waals surface area contributed by atoms with Gasteiger partial charge in [-0.15, -0.1) is 0 Å². The van der Waals surface area contributed by atoms with Crippen LogP contribution in [0.2, 0.25) is 0 Å². The Kier molecular flexibility index (Phi) is 4.16. The Bertz CT molecular complexity index is 278. The molecule has 76 valence electrons. The summed E-state index contributed by atoms with van der Waals surface area (Å²) in [6.07, 6.45) is 5.98. The van der Waals surface area contributed by atoms with E-state index in [1.54, 1.807) is 0 Å². The van der Waals surface area contributed by atoms with Gasteiger partial charge in [-0.1, -0.05) is 19.8 Å². The van der Waals surface area contributed by atoms with Crippen molar-refractivity contribution in [2.24, 2.45) is 15.9 Å². The zero-order chi connectivity index (χ0) is 10.4. The molecular formula is C10H15N2O2+. The molecule has 2 amide bonds. The maximum absolute atomic E-state index is 11.4. The summed E-state index contributed by atoms with van der Waals surface area (Å²) in [5.41, 5.74) is 0. The van der Waals surface area contributed by atoms with Gasteiger partial charge in [-0.25, -0.2) is 4.42 Å². The molecule has 1 aliphatic heterocycles. The van der Waals surface area contributed by atoms with Gasteiger partial charge in [0.05, 0.1) is 12.4 Å². The molecule has 0 bridgehead atoms. The Morgan fingerprint density at radius 1 is 1.50 bits per heavy atom.